The van der Waals surface area contributed by atoms with E-state index in [1.165, 1.54) is 0 Å². The largest absolute Gasteiger partial charge is 0.384 e. The Hall–Kier alpha value is -2.36. The molecular weight excluding hydrogens is 262 g/mol. The molecule has 0 radical (unpaired) electrons. The fraction of sp³-hybridized carbons (Fsp3) is 0.294. The summed E-state index contributed by atoms with van der Waals surface area (Å²) in [6.07, 6.45) is 1.69. The van der Waals surface area contributed by atoms with E-state index in [2.05, 4.69) is 29.5 Å². The first-order chi connectivity index (χ1) is 10.0. The second-order valence-corrected chi connectivity index (χ2v) is 5.53. The molecule has 110 valence electrons. The van der Waals surface area contributed by atoms with Gasteiger partial charge in [-0.05, 0) is 42.7 Å². The third-order valence-corrected chi connectivity index (χ3v) is 2.99. The van der Waals surface area contributed by atoms with E-state index in [4.69, 9.17) is 0 Å². The SMILES string of the molecule is Cc1cccc(NC(=O)c2ccc(NCC(C)C)cn2)c1. The van der Waals surface area contributed by atoms with Crippen LogP contribution in [0.2, 0.25) is 0 Å². The van der Waals surface area contributed by atoms with Crippen LogP contribution in [0.1, 0.15) is 29.9 Å². The summed E-state index contributed by atoms with van der Waals surface area (Å²) in [5.41, 5.74) is 3.22. The number of benzene rings is 1. The molecule has 2 aromatic rings. The van der Waals surface area contributed by atoms with Gasteiger partial charge < -0.3 is 10.6 Å². The maximum atomic E-state index is 12.1. The van der Waals surface area contributed by atoms with Gasteiger partial charge in [-0.15, -0.1) is 0 Å². The first kappa shape index (κ1) is 15.0. The van der Waals surface area contributed by atoms with Crippen molar-refractivity contribution in [2.75, 3.05) is 17.2 Å². The standard InChI is InChI=1S/C17H21N3O/c1-12(2)10-18-15-7-8-16(19-11-15)17(21)20-14-6-4-5-13(3)9-14/h4-9,11-12,18H,10H2,1-3H3,(H,20,21). The molecule has 1 aromatic heterocycles. The van der Waals surface area contributed by atoms with Crippen molar-refractivity contribution in [2.24, 2.45) is 5.92 Å². The zero-order chi connectivity index (χ0) is 15.2. The van der Waals surface area contributed by atoms with Crippen molar-refractivity contribution in [1.29, 1.82) is 0 Å². The van der Waals surface area contributed by atoms with E-state index in [9.17, 15) is 4.79 Å². The van der Waals surface area contributed by atoms with Crippen LogP contribution in [0.15, 0.2) is 42.6 Å². The van der Waals surface area contributed by atoms with Crippen LogP contribution in [0.3, 0.4) is 0 Å². The van der Waals surface area contributed by atoms with E-state index in [0.29, 0.717) is 11.6 Å². The molecule has 1 amide bonds. The monoisotopic (exact) mass is 283 g/mol. The van der Waals surface area contributed by atoms with Gasteiger partial charge in [-0.25, -0.2) is 4.98 Å². The summed E-state index contributed by atoms with van der Waals surface area (Å²) in [6, 6.07) is 11.3. The summed E-state index contributed by atoms with van der Waals surface area (Å²) in [5, 5.41) is 6.12. The Bertz CT molecular complexity index is 606. The van der Waals surface area contributed by atoms with Crippen LogP contribution in [0, 0.1) is 12.8 Å². The minimum Gasteiger partial charge on any atom is -0.384 e. The molecular formula is C17H21N3O. The lowest BCUT2D eigenvalue weighted by atomic mass is 10.2. The molecule has 0 spiro atoms. The van der Waals surface area contributed by atoms with E-state index >= 15 is 0 Å². The van der Waals surface area contributed by atoms with Crippen LogP contribution in [-0.2, 0) is 0 Å². The van der Waals surface area contributed by atoms with Crippen molar-refractivity contribution < 1.29 is 4.79 Å². The first-order valence-electron chi connectivity index (χ1n) is 7.12. The minimum atomic E-state index is -0.198. The van der Waals surface area contributed by atoms with Crippen LogP contribution in [0.25, 0.3) is 0 Å². The van der Waals surface area contributed by atoms with Crippen LogP contribution in [0.5, 0.6) is 0 Å². The van der Waals surface area contributed by atoms with Gasteiger partial charge in [-0.2, -0.15) is 0 Å². The molecule has 1 aromatic carbocycles. The summed E-state index contributed by atoms with van der Waals surface area (Å²) in [5.74, 6) is 0.366. The Morgan fingerprint density at radius 2 is 2.00 bits per heavy atom. The number of nitrogens with zero attached hydrogens (tertiary/aromatic N) is 1. The zero-order valence-corrected chi connectivity index (χ0v) is 12.7. The third kappa shape index (κ3) is 4.60. The van der Waals surface area contributed by atoms with E-state index in [-0.39, 0.29) is 5.91 Å². The predicted molar refractivity (Wildman–Crippen MR) is 86.7 cm³/mol. The zero-order valence-electron chi connectivity index (χ0n) is 12.7. The Labute approximate surface area is 125 Å². The fourth-order valence-electron chi connectivity index (χ4n) is 1.87. The number of amides is 1. The number of carbonyl (C=O) groups is 1. The molecule has 2 N–H and O–H groups in total. The quantitative estimate of drug-likeness (QED) is 0.879. The Kier molecular flexibility index (Phi) is 4.93. The number of hydrogen-bond donors (Lipinski definition) is 2. The molecule has 0 fully saturated rings. The van der Waals surface area contributed by atoms with E-state index in [0.717, 1.165) is 23.5 Å². The predicted octanol–water partition coefficient (Wildman–Crippen LogP) is 3.71. The summed E-state index contributed by atoms with van der Waals surface area (Å²) in [7, 11) is 0. The van der Waals surface area contributed by atoms with Gasteiger partial charge in [0.15, 0.2) is 0 Å². The van der Waals surface area contributed by atoms with E-state index in [1.54, 1.807) is 12.3 Å². The molecule has 0 bridgehead atoms. The van der Waals surface area contributed by atoms with Gasteiger partial charge in [-0.3, -0.25) is 4.79 Å². The molecule has 0 aliphatic rings. The van der Waals surface area contributed by atoms with Gasteiger partial charge >= 0.3 is 0 Å². The van der Waals surface area contributed by atoms with Crippen LogP contribution in [0.4, 0.5) is 11.4 Å². The first-order valence-corrected chi connectivity index (χ1v) is 7.12. The normalized spacial score (nSPS) is 10.5. The van der Waals surface area contributed by atoms with Gasteiger partial charge in [0.2, 0.25) is 0 Å². The molecule has 0 aliphatic carbocycles. The number of aromatic nitrogens is 1. The fourth-order valence-corrected chi connectivity index (χ4v) is 1.87. The van der Waals surface area contributed by atoms with Crippen molar-refractivity contribution in [1.82, 2.24) is 4.98 Å². The summed E-state index contributed by atoms with van der Waals surface area (Å²) < 4.78 is 0. The second kappa shape index (κ2) is 6.88. The number of pyridine rings is 1. The van der Waals surface area contributed by atoms with Crippen molar-refractivity contribution in [2.45, 2.75) is 20.8 Å². The molecule has 4 heteroatoms. The van der Waals surface area contributed by atoms with Gasteiger partial charge in [0.1, 0.15) is 5.69 Å². The lowest BCUT2D eigenvalue weighted by molar-refractivity contribution is 0.102. The average Bonchev–Trinajstić information content (AvgIpc) is 2.45. The number of carbonyl (C=O) groups excluding carboxylic acids is 1. The molecule has 0 saturated carbocycles. The van der Waals surface area contributed by atoms with Crippen molar-refractivity contribution >= 4 is 17.3 Å². The van der Waals surface area contributed by atoms with Gasteiger partial charge in [-0.1, -0.05) is 26.0 Å². The smallest absolute Gasteiger partial charge is 0.274 e. The highest BCUT2D eigenvalue weighted by Gasteiger charge is 2.07. The van der Waals surface area contributed by atoms with Crippen LogP contribution < -0.4 is 10.6 Å². The van der Waals surface area contributed by atoms with Gasteiger partial charge in [0.25, 0.3) is 5.91 Å². The molecule has 0 aliphatic heterocycles. The lowest BCUT2D eigenvalue weighted by Gasteiger charge is -2.09. The maximum absolute atomic E-state index is 12.1. The number of aryl methyl sites for hydroxylation is 1. The number of nitrogens with one attached hydrogen (secondary N) is 2. The summed E-state index contributed by atoms with van der Waals surface area (Å²) >= 11 is 0. The van der Waals surface area contributed by atoms with E-state index in [1.807, 2.05) is 37.3 Å². The highest BCUT2D eigenvalue weighted by molar-refractivity contribution is 6.02. The minimum absolute atomic E-state index is 0.198. The molecule has 4 nitrogen and oxygen atoms in total. The van der Waals surface area contributed by atoms with Crippen molar-refractivity contribution in [3.63, 3.8) is 0 Å². The van der Waals surface area contributed by atoms with Crippen molar-refractivity contribution in [3.05, 3.63) is 53.9 Å². The number of hydrogen-bond acceptors (Lipinski definition) is 3. The topological polar surface area (TPSA) is 54.0 Å². The lowest BCUT2D eigenvalue weighted by Crippen LogP contribution is -2.14. The number of anilines is 2. The van der Waals surface area contributed by atoms with E-state index < -0.39 is 0 Å². The molecule has 2 rings (SSSR count). The van der Waals surface area contributed by atoms with Crippen LogP contribution >= 0.6 is 0 Å². The van der Waals surface area contributed by atoms with Crippen LogP contribution in [-0.4, -0.2) is 17.4 Å². The maximum Gasteiger partial charge on any atom is 0.274 e. The molecule has 1 heterocycles. The van der Waals surface area contributed by atoms with Gasteiger partial charge in [0.05, 0.1) is 11.9 Å². The Morgan fingerprint density at radius 1 is 1.19 bits per heavy atom. The second-order valence-electron chi connectivity index (χ2n) is 5.53. The third-order valence-electron chi connectivity index (χ3n) is 2.99. The Morgan fingerprint density at radius 3 is 2.62 bits per heavy atom. The highest BCUT2D eigenvalue weighted by atomic mass is 16.1. The highest BCUT2D eigenvalue weighted by Crippen LogP contribution is 2.12. The molecule has 0 saturated heterocycles. The molecule has 0 atom stereocenters. The summed E-state index contributed by atoms with van der Waals surface area (Å²) in [4.78, 5) is 16.3. The Balaban J connectivity index is 1.99. The molecule has 0 unspecified atom stereocenters. The number of rotatable bonds is 5. The van der Waals surface area contributed by atoms with Crippen molar-refractivity contribution in [3.8, 4) is 0 Å². The summed E-state index contributed by atoms with van der Waals surface area (Å²) in [6.45, 7) is 7.16. The van der Waals surface area contributed by atoms with Gasteiger partial charge in [0, 0.05) is 12.2 Å². The average molecular weight is 283 g/mol. The molecule has 21 heavy (non-hydrogen) atoms.